The van der Waals surface area contributed by atoms with Crippen molar-refractivity contribution < 1.29 is 41.3 Å². The molecular weight excluding hydrogens is 434 g/mol. The van der Waals surface area contributed by atoms with E-state index >= 15 is 0 Å². The summed E-state index contributed by atoms with van der Waals surface area (Å²) in [6, 6.07) is 10.2. The van der Waals surface area contributed by atoms with Crippen LogP contribution in [0.2, 0.25) is 0 Å². The number of carbonyl (C=O) groups is 2. The first-order chi connectivity index (χ1) is 14.3. The molecule has 0 aliphatic heterocycles. The van der Waals surface area contributed by atoms with Crippen molar-refractivity contribution in [1.29, 1.82) is 0 Å². The van der Waals surface area contributed by atoms with E-state index < -0.39 is 21.8 Å². The van der Waals surface area contributed by atoms with Gasteiger partial charge in [0.2, 0.25) is 0 Å². The van der Waals surface area contributed by atoms with E-state index in [9.17, 15) is 29.8 Å². The van der Waals surface area contributed by atoms with Gasteiger partial charge in [-0.1, -0.05) is 0 Å². The quantitative estimate of drug-likeness (QED) is 0.263. The summed E-state index contributed by atoms with van der Waals surface area (Å²) >= 11 is 0. The average molecular weight is 453 g/mol. The molecule has 0 saturated heterocycles. The van der Waals surface area contributed by atoms with Crippen LogP contribution in [0.15, 0.2) is 48.5 Å². The van der Waals surface area contributed by atoms with E-state index in [4.69, 9.17) is 9.47 Å². The lowest BCUT2D eigenvalue weighted by molar-refractivity contribution is -0.385. The number of carbonyl (C=O) groups excluding carboxylic acids is 2. The van der Waals surface area contributed by atoms with Gasteiger partial charge in [0.25, 0.3) is 11.4 Å². The molecule has 0 unspecified atom stereocenters. The van der Waals surface area contributed by atoms with Gasteiger partial charge in [-0.3, -0.25) is 25.1 Å². The first-order valence-corrected chi connectivity index (χ1v) is 8.79. The topological polar surface area (TPSA) is 142 Å². The Labute approximate surface area is 183 Å². The van der Waals surface area contributed by atoms with E-state index in [0.29, 0.717) is 13.1 Å². The second kappa shape index (κ2) is 12.2. The van der Waals surface area contributed by atoms with Crippen molar-refractivity contribution in [3.63, 3.8) is 0 Å². The molecule has 0 atom stereocenters. The second-order valence-electron chi connectivity index (χ2n) is 6.18. The van der Waals surface area contributed by atoms with E-state index in [0.717, 1.165) is 0 Å². The van der Waals surface area contributed by atoms with Gasteiger partial charge in [0.05, 0.1) is 21.0 Å². The molecule has 11 nitrogen and oxygen atoms in total. The lowest BCUT2D eigenvalue weighted by Gasteiger charge is -2.16. The van der Waals surface area contributed by atoms with Gasteiger partial charge >= 0.3 is 11.9 Å². The summed E-state index contributed by atoms with van der Waals surface area (Å²) in [4.78, 5) is 45.7. The van der Waals surface area contributed by atoms with Crippen molar-refractivity contribution in [3.05, 3.63) is 79.9 Å². The molecule has 2 rings (SSSR count). The van der Waals surface area contributed by atoms with Crippen LogP contribution >= 0.6 is 0 Å². The SMILES string of the molecule is CN(CCOC(=O)c1ccc([N+](=O)[O-])cc1)CCOC(=O)c1ccc([N+](=O)[O-])cc1.[Cl-]. The normalized spacial score (nSPS) is 10.1. The number of nitrogens with zero attached hydrogens (tertiary/aromatic N) is 3. The standard InChI is InChI=1S/C19H19N3O8.ClH/c1-20(10-12-29-18(23)14-2-6-16(7-3-14)21(25)26)11-13-30-19(24)15-4-8-17(9-5-15)22(27)28;/h2-9H,10-13H2,1H3;1H/p-1. The number of likely N-dealkylation sites (N-methyl/N-ethyl adjacent to an activating group) is 1. The van der Waals surface area contributed by atoms with E-state index in [2.05, 4.69) is 0 Å². The molecule has 0 N–H and O–H groups in total. The highest BCUT2D eigenvalue weighted by molar-refractivity contribution is 5.90. The second-order valence-corrected chi connectivity index (χ2v) is 6.18. The van der Waals surface area contributed by atoms with E-state index in [1.54, 1.807) is 11.9 Å². The third kappa shape index (κ3) is 7.99. The number of nitro groups is 2. The number of rotatable bonds is 10. The van der Waals surface area contributed by atoms with E-state index in [-0.39, 0.29) is 48.1 Å². The van der Waals surface area contributed by atoms with Gasteiger partial charge in [0.1, 0.15) is 13.2 Å². The van der Waals surface area contributed by atoms with E-state index in [1.807, 2.05) is 0 Å². The molecule has 0 aliphatic rings. The Morgan fingerprint density at radius 2 is 1.10 bits per heavy atom. The van der Waals surface area contributed by atoms with Crippen molar-refractivity contribution in [1.82, 2.24) is 4.90 Å². The monoisotopic (exact) mass is 452 g/mol. The van der Waals surface area contributed by atoms with Crippen LogP contribution in [0.5, 0.6) is 0 Å². The van der Waals surface area contributed by atoms with Gasteiger partial charge in [-0.05, 0) is 31.3 Å². The fraction of sp³-hybridized carbons (Fsp3) is 0.263. The van der Waals surface area contributed by atoms with Crippen molar-refractivity contribution in [2.45, 2.75) is 0 Å². The predicted octanol–water partition coefficient (Wildman–Crippen LogP) is -0.547. The molecule has 0 amide bonds. The minimum atomic E-state index is -0.595. The number of nitro benzene ring substituents is 2. The molecule has 2 aromatic carbocycles. The minimum absolute atomic E-state index is 0. The number of benzene rings is 2. The van der Waals surface area contributed by atoms with Crippen LogP contribution in [0.25, 0.3) is 0 Å². The Kier molecular flexibility index (Phi) is 10.0. The lowest BCUT2D eigenvalue weighted by atomic mass is 10.2. The van der Waals surface area contributed by atoms with Gasteiger partial charge in [0, 0.05) is 37.4 Å². The Morgan fingerprint density at radius 1 is 0.774 bits per heavy atom. The molecule has 0 saturated carbocycles. The number of non-ortho nitro benzene ring substituents is 2. The highest BCUT2D eigenvalue weighted by atomic mass is 35.5. The zero-order valence-electron chi connectivity index (χ0n) is 16.4. The van der Waals surface area contributed by atoms with Crippen LogP contribution < -0.4 is 12.4 Å². The van der Waals surface area contributed by atoms with Crippen molar-refractivity contribution in [2.24, 2.45) is 0 Å². The molecule has 0 heterocycles. The largest absolute Gasteiger partial charge is 1.00 e. The molecular formula is C19H19ClN3O8-. The van der Waals surface area contributed by atoms with Crippen LogP contribution in [-0.4, -0.2) is 60.0 Å². The van der Waals surface area contributed by atoms with Crippen LogP contribution in [0, 0.1) is 20.2 Å². The summed E-state index contributed by atoms with van der Waals surface area (Å²) in [7, 11) is 1.75. The molecule has 0 radical (unpaired) electrons. The molecule has 12 heteroatoms. The highest BCUT2D eigenvalue weighted by Gasteiger charge is 2.12. The number of halogens is 1. The summed E-state index contributed by atoms with van der Waals surface area (Å²) in [5.74, 6) is -1.19. The van der Waals surface area contributed by atoms with Gasteiger partial charge in [-0.15, -0.1) is 0 Å². The molecule has 0 aromatic heterocycles. The first-order valence-electron chi connectivity index (χ1n) is 8.79. The Hall–Kier alpha value is -3.57. The Morgan fingerprint density at radius 3 is 1.39 bits per heavy atom. The molecule has 0 bridgehead atoms. The number of hydrogen-bond acceptors (Lipinski definition) is 9. The summed E-state index contributed by atoms with van der Waals surface area (Å²) in [6.45, 7) is 0.937. The third-order valence-corrected chi connectivity index (χ3v) is 4.04. The number of ether oxygens (including phenoxy) is 2. The molecule has 166 valence electrons. The maximum absolute atomic E-state index is 11.9. The van der Waals surface area contributed by atoms with Crippen molar-refractivity contribution in [2.75, 3.05) is 33.4 Å². The first kappa shape index (κ1) is 25.5. The summed E-state index contributed by atoms with van der Waals surface area (Å²) in [6.07, 6.45) is 0. The number of hydrogen-bond donors (Lipinski definition) is 0. The summed E-state index contributed by atoms with van der Waals surface area (Å²) in [5, 5.41) is 21.2. The lowest BCUT2D eigenvalue weighted by Crippen LogP contribution is -3.00. The van der Waals surface area contributed by atoms with Crippen LogP contribution in [0.3, 0.4) is 0 Å². The maximum Gasteiger partial charge on any atom is 0.338 e. The van der Waals surface area contributed by atoms with Crippen LogP contribution in [0.1, 0.15) is 20.7 Å². The fourth-order valence-electron chi connectivity index (χ4n) is 2.31. The Bertz CT molecular complexity index is 843. The smallest absolute Gasteiger partial charge is 0.338 e. The molecule has 0 fully saturated rings. The van der Waals surface area contributed by atoms with Crippen molar-refractivity contribution in [3.8, 4) is 0 Å². The third-order valence-electron chi connectivity index (χ3n) is 4.04. The summed E-state index contributed by atoms with van der Waals surface area (Å²) in [5.41, 5.74) is 0.185. The van der Waals surface area contributed by atoms with Gasteiger partial charge in [-0.25, -0.2) is 9.59 Å². The average Bonchev–Trinajstić information content (AvgIpc) is 2.73. The Balaban J connectivity index is 0.00000480. The predicted molar refractivity (Wildman–Crippen MR) is 104 cm³/mol. The molecule has 31 heavy (non-hydrogen) atoms. The van der Waals surface area contributed by atoms with Crippen LogP contribution in [-0.2, 0) is 9.47 Å². The van der Waals surface area contributed by atoms with Crippen molar-refractivity contribution >= 4 is 23.3 Å². The maximum atomic E-state index is 11.9. The summed E-state index contributed by atoms with van der Waals surface area (Å²) < 4.78 is 10.2. The molecule has 0 spiro atoms. The van der Waals surface area contributed by atoms with Gasteiger partial charge in [-0.2, -0.15) is 0 Å². The highest BCUT2D eigenvalue weighted by Crippen LogP contribution is 2.13. The zero-order valence-corrected chi connectivity index (χ0v) is 17.2. The van der Waals surface area contributed by atoms with Gasteiger partial charge < -0.3 is 21.9 Å². The zero-order chi connectivity index (χ0) is 22.1. The molecule has 0 aliphatic carbocycles. The fourth-order valence-corrected chi connectivity index (χ4v) is 2.31. The number of esters is 2. The molecule has 2 aromatic rings. The minimum Gasteiger partial charge on any atom is -1.00 e. The van der Waals surface area contributed by atoms with Crippen LogP contribution in [0.4, 0.5) is 11.4 Å². The van der Waals surface area contributed by atoms with Gasteiger partial charge in [0.15, 0.2) is 0 Å². The van der Waals surface area contributed by atoms with E-state index in [1.165, 1.54) is 48.5 Å².